The number of pyridine rings is 2. The summed E-state index contributed by atoms with van der Waals surface area (Å²) in [5.74, 6) is 0. The van der Waals surface area contributed by atoms with E-state index in [1.54, 1.807) is 0 Å². The molecule has 9 rings (SSSR count). The summed E-state index contributed by atoms with van der Waals surface area (Å²) in [6.07, 6.45) is 0. The molecule has 2 nitrogen and oxygen atoms in total. The summed E-state index contributed by atoms with van der Waals surface area (Å²) in [6, 6.07) is 77.5. The summed E-state index contributed by atoms with van der Waals surface area (Å²) in [6.45, 7) is 4.02. The van der Waals surface area contributed by atoms with Crippen LogP contribution in [-0.4, -0.2) is 9.97 Å². The van der Waals surface area contributed by atoms with Crippen molar-refractivity contribution in [3.8, 4) is 0 Å². The number of fused-ring (bicyclic) bond motifs is 3. The molecule has 0 amide bonds. The first-order valence-electron chi connectivity index (χ1n) is 18.3. The van der Waals surface area contributed by atoms with Gasteiger partial charge in [0.25, 0.3) is 0 Å². The predicted molar refractivity (Wildman–Crippen MR) is 240 cm³/mol. The molecule has 0 saturated heterocycles. The van der Waals surface area contributed by atoms with E-state index in [0.717, 1.165) is 33.2 Å². The van der Waals surface area contributed by atoms with E-state index in [2.05, 4.69) is 216 Å². The molecule has 0 fully saturated rings. The fourth-order valence-electron chi connectivity index (χ4n) is 6.59. The van der Waals surface area contributed by atoms with Gasteiger partial charge in [0, 0.05) is 39.2 Å². The van der Waals surface area contributed by atoms with Crippen molar-refractivity contribution in [1.82, 2.24) is 9.97 Å². The first-order chi connectivity index (χ1) is 26.6. The van der Waals surface area contributed by atoms with Crippen molar-refractivity contribution in [2.24, 2.45) is 0 Å². The van der Waals surface area contributed by atoms with Gasteiger partial charge < -0.3 is 0 Å². The summed E-state index contributed by atoms with van der Waals surface area (Å²) in [5, 5.41) is 10.9. The standard InChI is InChI=1S/2C18H15P.C14H12N2.Cu/c2*1-4-10-16(11-5-1)19(17-12-6-2-7-13-17)18-14-8-3-9-15-18;1-9-3-5-11-7-8-12-6-4-10(2)16-14(12)13(11)15-9;/h2*1-15H;3-8H,1-2H3;/p+2. The molecular formula is C50H44CuN2P2+2. The first-order valence-corrected chi connectivity index (χ1v) is 21.3. The van der Waals surface area contributed by atoms with Crippen LogP contribution in [0.3, 0.4) is 0 Å². The van der Waals surface area contributed by atoms with Crippen LogP contribution in [0.25, 0.3) is 21.8 Å². The maximum atomic E-state index is 4.58. The topological polar surface area (TPSA) is 25.8 Å². The predicted octanol–water partition coefficient (Wildman–Crippen LogP) is 9.75. The number of hydrogen-bond donors (Lipinski definition) is 0. The smallest absolute Gasteiger partial charge is 0.102 e. The zero-order valence-corrected chi connectivity index (χ0v) is 33.9. The van der Waals surface area contributed by atoms with E-state index in [4.69, 9.17) is 0 Å². The molecule has 0 atom stereocenters. The molecular weight excluding hydrogens is 754 g/mol. The van der Waals surface area contributed by atoms with Gasteiger partial charge in [-0.2, -0.15) is 0 Å². The van der Waals surface area contributed by atoms with Crippen LogP contribution < -0.4 is 31.8 Å². The zero-order chi connectivity index (χ0) is 37.0. The summed E-state index contributed by atoms with van der Waals surface area (Å²) in [7, 11) is -1.75. The van der Waals surface area contributed by atoms with Crippen LogP contribution in [0.15, 0.2) is 218 Å². The average molecular weight is 798 g/mol. The Labute approximate surface area is 338 Å². The van der Waals surface area contributed by atoms with Gasteiger partial charge in [-0.05, 0) is 98.8 Å². The normalized spacial score (nSPS) is 10.5. The van der Waals surface area contributed by atoms with Crippen LogP contribution in [0.2, 0.25) is 0 Å². The molecule has 7 aromatic carbocycles. The second-order valence-corrected chi connectivity index (χ2v) is 18.0. The Balaban J connectivity index is 0.000000140. The maximum absolute atomic E-state index is 4.58. The van der Waals surface area contributed by atoms with E-state index in [1.165, 1.54) is 31.8 Å². The Morgan fingerprint density at radius 1 is 0.273 bits per heavy atom. The van der Waals surface area contributed by atoms with Crippen molar-refractivity contribution in [3.05, 3.63) is 230 Å². The third-order valence-corrected chi connectivity index (χ3v) is 14.6. The number of nitrogens with zero attached hydrogens (tertiary/aromatic N) is 2. The Morgan fingerprint density at radius 2 is 0.473 bits per heavy atom. The summed E-state index contributed by atoms with van der Waals surface area (Å²) in [5.41, 5.74) is 4.06. The minimum Gasteiger partial charge on any atom is -0.251 e. The van der Waals surface area contributed by atoms with Crippen molar-refractivity contribution >= 4 is 69.5 Å². The van der Waals surface area contributed by atoms with E-state index in [1.807, 2.05) is 26.0 Å². The third kappa shape index (κ3) is 10.3. The van der Waals surface area contributed by atoms with Crippen LogP contribution in [0.5, 0.6) is 0 Å². The van der Waals surface area contributed by atoms with Gasteiger partial charge in [0.1, 0.15) is 31.8 Å². The fraction of sp³-hybridized carbons (Fsp3) is 0.0400. The summed E-state index contributed by atoms with van der Waals surface area (Å²) in [4.78, 5) is 9.16. The molecule has 0 aliphatic carbocycles. The molecule has 0 bridgehead atoms. The zero-order valence-electron chi connectivity index (χ0n) is 31.0. The van der Waals surface area contributed by atoms with Crippen LogP contribution in [-0.2, 0) is 17.1 Å². The van der Waals surface area contributed by atoms with Gasteiger partial charge in [-0.15, -0.1) is 0 Å². The minimum atomic E-state index is -0.877. The molecule has 0 aliphatic rings. The average Bonchev–Trinajstić information content (AvgIpc) is 3.24. The quantitative estimate of drug-likeness (QED) is 0.0952. The molecule has 0 spiro atoms. The minimum absolute atomic E-state index is 0. The molecule has 0 unspecified atom stereocenters. The maximum Gasteiger partial charge on any atom is 0.102 e. The number of aromatic nitrogens is 2. The van der Waals surface area contributed by atoms with Gasteiger partial charge in [-0.25, -0.2) is 0 Å². The third-order valence-electron chi connectivity index (χ3n) is 9.17. The SMILES string of the molecule is Cc1ccc2ccc3ccc(C)nc3c2n1.[Cu].c1ccc([PH+](c2ccccc2)c2ccccc2)cc1.c1ccc([PH+](c2ccccc2)c2ccccc2)cc1. The molecule has 0 aliphatic heterocycles. The molecule has 1 radical (unpaired) electrons. The molecule has 55 heavy (non-hydrogen) atoms. The van der Waals surface area contributed by atoms with Crippen molar-refractivity contribution in [2.75, 3.05) is 0 Å². The Morgan fingerprint density at radius 3 is 0.691 bits per heavy atom. The van der Waals surface area contributed by atoms with Crippen LogP contribution in [0, 0.1) is 13.8 Å². The molecule has 2 aromatic heterocycles. The molecule has 0 N–H and O–H groups in total. The Bertz CT molecular complexity index is 2140. The van der Waals surface area contributed by atoms with E-state index >= 15 is 0 Å². The van der Waals surface area contributed by atoms with Crippen molar-refractivity contribution in [2.45, 2.75) is 13.8 Å². The van der Waals surface area contributed by atoms with Gasteiger partial charge in [-0.1, -0.05) is 133 Å². The monoisotopic (exact) mass is 797 g/mol. The fourth-order valence-corrected chi connectivity index (χ4v) is 11.7. The van der Waals surface area contributed by atoms with E-state index in [0.29, 0.717) is 0 Å². The molecule has 2 heterocycles. The van der Waals surface area contributed by atoms with Crippen molar-refractivity contribution in [1.29, 1.82) is 0 Å². The number of benzene rings is 7. The molecule has 0 saturated carbocycles. The molecule has 9 aromatic rings. The number of rotatable bonds is 6. The largest absolute Gasteiger partial charge is 0.251 e. The van der Waals surface area contributed by atoms with Gasteiger partial charge in [0.15, 0.2) is 0 Å². The Hall–Kier alpha value is -5.26. The van der Waals surface area contributed by atoms with Gasteiger partial charge in [0.2, 0.25) is 0 Å². The second-order valence-electron chi connectivity index (χ2n) is 13.1. The number of aryl methyl sites for hydroxylation is 2. The first kappa shape index (κ1) is 39.4. The second kappa shape index (κ2) is 19.9. The van der Waals surface area contributed by atoms with E-state index in [-0.39, 0.29) is 17.1 Å². The Kier molecular flexibility index (Phi) is 14.3. The van der Waals surface area contributed by atoms with Crippen molar-refractivity contribution < 1.29 is 17.1 Å². The van der Waals surface area contributed by atoms with Crippen LogP contribution in [0.1, 0.15) is 11.4 Å². The van der Waals surface area contributed by atoms with Gasteiger partial charge >= 0.3 is 0 Å². The van der Waals surface area contributed by atoms with Crippen LogP contribution >= 0.6 is 15.8 Å². The van der Waals surface area contributed by atoms with E-state index < -0.39 is 15.8 Å². The molecule has 5 heteroatoms. The van der Waals surface area contributed by atoms with Gasteiger partial charge in [0.05, 0.1) is 26.9 Å². The number of hydrogen-bond acceptors (Lipinski definition) is 2. The van der Waals surface area contributed by atoms with E-state index in [9.17, 15) is 0 Å². The summed E-state index contributed by atoms with van der Waals surface area (Å²) < 4.78 is 0. The van der Waals surface area contributed by atoms with Gasteiger partial charge in [-0.3, -0.25) is 9.97 Å². The van der Waals surface area contributed by atoms with Crippen molar-refractivity contribution in [3.63, 3.8) is 0 Å². The summed E-state index contributed by atoms with van der Waals surface area (Å²) >= 11 is 0. The van der Waals surface area contributed by atoms with Crippen LogP contribution in [0.4, 0.5) is 0 Å². The molecule has 273 valence electrons.